The van der Waals surface area contributed by atoms with E-state index in [0.29, 0.717) is 13.1 Å². The monoisotopic (exact) mass is 228 g/mol. The van der Waals surface area contributed by atoms with Gasteiger partial charge in [-0.25, -0.2) is 4.79 Å². The topological polar surface area (TPSA) is 61.4 Å². The van der Waals surface area contributed by atoms with Crippen molar-refractivity contribution in [2.45, 2.75) is 51.6 Å². The predicted molar refractivity (Wildman–Crippen MR) is 64.3 cm³/mol. The first-order chi connectivity index (χ1) is 7.59. The number of nitrogens with one attached hydrogen (secondary N) is 2. The average Bonchev–Trinajstić information content (AvgIpc) is 2.28. The summed E-state index contributed by atoms with van der Waals surface area (Å²) in [6.45, 7) is 5.06. The average molecular weight is 228 g/mol. The van der Waals surface area contributed by atoms with Crippen LogP contribution in [0.5, 0.6) is 0 Å². The molecule has 0 radical (unpaired) electrons. The van der Waals surface area contributed by atoms with Crippen molar-refractivity contribution in [3.63, 3.8) is 0 Å². The molecule has 0 atom stereocenters. The van der Waals surface area contributed by atoms with Crippen LogP contribution in [-0.4, -0.2) is 29.8 Å². The van der Waals surface area contributed by atoms with Gasteiger partial charge < -0.3 is 15.7 Å². The summed E-state index contributed by atoms with van der Waals surface area (Å²) in [6, 6.07) is -0.187. The molecule has 3 N–H and O–H groups in total. The molecule has 94 valence electrons. The molecular formula is C12H24N2O2. The third-order valence-electron chi connectivity index (χ3n) is 3.53. The number of hydrogen-bond donors (Lipinski definition) is 3. The van der Waals surface area contributed by atoms with Gasteiger partial charge in [0, 0.05) is 13.1 Å². The maximum absolute atomic E-state index is 11.2. The van der Waals surface area contributed by atoms with Crippen LogP contribution in [0.2, 0.25) is 0 Å². The van der Waals surface area contributed by atoms with Crippen LogP contribution in [0.25, 0.3) is 0 Å². The number of aliphatic hydroxyl groups is 1. The number of amides is 2. The van der Waals surface area contributed by atoms with Crippen molar-refractivity contribution in [2.24, 2.45) is 5.92 Å². The molecule has 1 fully saturated rings. The van der Waals surface area contributed by atoms with E-state index in [9.17, 15) is 9.90 Å². The summed E-state index contributed by atoms with van der Waals surface area (Å²) < 4.78 is 0. The predicted octanol–water partition coefficient (Wildman–Crippen LogP) is 1.64. The highest BCUT2D eigenvalue weighted by Gasteiger charge is 2.32. The Hall–Kier alpha value is -0.770. The molecule has 0 saturated heterocycles. The molecule has 4 nitrogen and oxygen atoms in total. The normalized spacial score (nSPS) is 29.8. The van der Waals surface area contributed by atoms with E-state index in [-0.39, 0.29) is 6.03 Å². The van der Waals surface area contributed by atoms with Crippen molar-refractivity contribution in [2.75, 3.05) is 13.1 Å². The lowest BCUT2D eigenvalue weighted by Gasteiger charge is -2.35. The van der Waals surface area contributed by atoms with E-state index >= 15 is 0 Å². The Morgan fingerprint density at radius 2 is 1.94 bits per heavy atom. The molecule has 0 spiro atoms. The number of hydrogen-bond acceptors (Lipinski definition) is 2. The molecule has 0 aromatic carbocycles. The van der Waals surface area contributed by atoms with E-state index < -0.39 is 5.60 Å². The van der Waals surface area contributed by atoms with Gasteiger partial charge in [-0.2, -0.15) is 0 Å². The minimum atomic E-state index is -0.684. The fourth-order valence-electron chi connectivity index (χ4n) is 2.27. The standard InChI is InChI=1S/C12H24N2O2/c1-3-10-5-7-12(16,8-6-10)9-14-11(15)13-4-2/h10,16H,3-9H2,1-2H3,(H2,13,14,15). The Bertz CT molecular complexity index is 223. The van der Waals surface area contributed by atoms with E-state index in [1.165, 1.54) is 6.42 Å². The molecule has 4 heteroatoms. The molecule has 0 aromatic rings. The first kappa shape index (κ1) is 13.3. The number of rotatable bonds is 4. The van der Waals surface area contributed by atoms with E-state index in [1.54, 1.807) is 0 Å². The van der Waals surface area contributed by atoms with E-state index in [1.807, 2.05) is 6.92 Å². The second-order valence-electron chi connectivity index (χ2n) is 4.79. The van der Waals surface area contributed by atoms with Gasteiger partial charge in [0.05, 0.1) is 5.60 Å². The van der Waals surface area contributed by atoms with Gasteiger partial charge in [-0.15, -0.1) is 0 Å². The maximum Gasteiger partial charge on any atom is 0.314 e. The van der Waals surface area contributed by atoms with Crippen LogP contribution in [0.4, 0.5) is 4.79 Å². The lowest BCUT2D eigenvalue weighted by molar-refractivity contribution is -0.00641. The lowest BCUT2D eigenvalue weighted by atomic mass is 9.78. The summed E-state index contributed by atoms with van der Waals surface area (Å²) >= 11 is 0. The molecule has 16 heavy (non-hydrogen) atoms. The highest BCUT2D eigenvalue weighted by molar-refractivity contribution is 5.73. The SMILES string of the molecule is CCNC(=O)NCC1(O)CCC(CC)CC1. The minimum Gasteiger partial charge on any atom is -0.388 e. The largest absolute Gasteiger partial charge is 0.388 e. The zero-order chi connectivity index (χ0) is 12.0. The van der Waals surface area contributed by atoms with Crippen LogP contribution in [0, 0.1) is 5.92 Å². The molecule has 1 saturated carbocycles. The molecule has 1 aliphatic carbocycles. The highest BCUT2D eigenvalue weighted by Crippen LogP contribution is 2.33. The van der Waals surface area contributed by atoms with Gasteiger partial charge >= 0.3 is 6.03 Å². The van der Waals surface area contributed by atoms with E-state index in [4.69, 9.17) is 0 Å². The van der Waals surface area contributed by atoms with Crippen LogP contribution in [-0.2, 0) is 0 Å². The lowest BCUT2D eigenvalue weighted by Crippen LogP contribution is -2.48. The molecule has 0 unspecified atom stereocenters. The third-order valence-corrected chi connectivity index (χ3v) is 3.53. The summed E-state index contributed by atoms with van der Waals surface area (Å²) in [5, 5.41) is 15.6. The molecule has 0 bridgehead atoms. The van der Waals surface area contributed by atoms with Gasteiger partial charge in [0.15, 0.2) is 0 Å². The Morgan fingerprint density at radius 3 is 2.44 bits per heavy atom. The summed E-state index contributed by atoms with van der Waals surface area (Å²) in [5.41, 5.74) is -0.684. The van der Waals surface area contributed by atoms with Crippen LogP contribution in [0.15, 0.2) is 0 Å². The van der Waals surface area contributed by atoms with Crippen LogP contribution < -0.4 is 10.6 Å². The fourth-order valence-corrected chi connectivity index (χ4v) is 2.27. The zero-order valence-electron chi connectivity index (χ0n) is 10.4. The van der Waals surface area contributed by atoms with Crippen molar-refractivity contribution < 1.29 is 9.90 Å². The highest BCUT2D eigenvalue weighted by atomic mass is 16.3. The van der Waals surface area contributed by atoms with Gasteiger partial charge in [-0.05, 0) is 38.5 Å². The third kappa shape index (κ3) is 4.00. The molecule has 0 aromatic heterocycles. The zero-order valence-corrected chi connectivity index (χ0v) is 10.4. The second-order valence-corrected chi connectivity index (χ2v) is 4.79. The maximum atomic E-state index is 11.2. The Balaban J connectivity index is 2.28. The van der Waals surface area contributed by atoms with Crippen molar-refractivity contribution in [1.29, 1.82) is 0 Å². The molecule has 1 aliphatic rings. The van der Waals surface area contributed by atoms with Crippen molar-refractivity contribution in [1.82, 2.24) is 10.6 Å². The van der Waals surface area contributed by atoms with Gasteiger partial charge in [-0.3, -0.25) is 0 Å². The minimum absolute atomic E-state index is 0.187. The smallest absolute Gasteiger partial charge is 0.314 e. The summed E-state index contributed by atoms with van der Waals surface area (Å²) in [4.78, 5) is 11.2. The summed E-state index contributed by atoms with van der Waals surface area (Å²) in [5.74, 6) is 0.754. The summed E-state index contributed by atoms with van der Waals surface area (Å²) in [6.07, 6.45) is 4.95. The van der Waals surface area contributed by atoms with Gasteiger partial charge in [0.25, 0.3) is 0 Å². The molecule has 0 heterocycles. The van der Waals surface area contributed by atoms with Crippen molar-refractivity contribution >= 4 is 6.03 Å². The number of urea groups is 1. The van der Waals surface area contributed by atoms with Gasteiger partial charge in [0.2, 0.25) is 0 Å². The van der Waals surface area contributed by atoms with Gasteiger partial charge in [0.1, 0.15) is 0 Å². The Kier molecular flexibility index (Phi) is 5.06. The quantitative estimate of drug-likeness (QED) is 0.685. The van der Waals surface area contributed by atoms with Crippen LogP contribution in [0.3, 0.4) is 0 Å². The number of carbonyl (C=O) groups is 1. The summed E-state index contributed by atoms with van der Waals surface area (Å²) in [7, 11) is 0. The van der Waals surface area contributed by atoms with Gasteiger partial charge in [-0.1, -0.05) is 13.3 Å². The Labute approximate surface area is 97.8 Å². The number of carbonyl (C=O) groups excluding carboxylic acids is 1. The second kappa shape index (κ2) is 6.09. The van der Waals surface area contributed by atoms with Crippen LogP contribution in [0.1, 0.15) is 46.0 Å². The van der Waals surface area contributed by atoms with Crippen molar-refractivity contribution in [3.05, 3.63) is 0 Å². The first-order valence-corrected chi connectivity index (χ1v) is 6.33. The Morgan fingerprint density at radius 1 is 1.31 bits per heavy atom. The molecule has 1 rings (SSSR count). The van der Waals surface area contributed by atoms with E-state index in [0.717, 1.165) is 31.6 Å². The molecular weight excluding hydrogens is 204 g/mol. The first-order valence-electron chi connectivity index (χ1n) is 6.33. The van der Waals surface area contributed by atoms with Crippen molar-refractivity contribution in [3.8, 4) is 0 Å². The van der Waals surface area contributed by atoms with Crippen LogP contribution >= 0.6 is 0 Å². The fraction of sp³-hybridized carbons (Fsp3) is 0.917. The molecule has 2 amide bonds. The molecule has 0 aliphatic heterocycles. The van der Waals surface area contributed by atoms with E-state index in [2.05, 4.69) is 17.6 Å².